The van der Waals surface area contributed by atoms with Crippen LogP contribution in [0.15, 0.2) is 4.99 Å². The van der Waals surface area contributed by atoms with E-state index < -0.39 is 17.2 Å². The van der Waals surface area contributed by atoms with Crippen LogP contribution in [0.3, 0.4) is 0 Å². The Hall–Kier alpha value is -0.730. The predicted molar refractivity (Wildman–Crippen MR) is 113 cm³/mol. The number of rotatable bonds is 6. The Bertz CT molecular complexity index is 492. The number of hydrogen-bond donors (Lipinski definition) is 3. The van der Waals surface area contributed by atoms with Crippen LogP contribution in [0.4, 0.5) is 4.79 Å². The van der Waals surface area contributed by atoms with E-state index >= 15 is 0 Å². The molecule has 2 aliphatic rings. The maximum absolute atomic E-state index is 11.9. The summed E-state index contributed by atoms with van der Waals surface area (Å²) in [5.74, 6) is 1.72. The summed E-state index contributed by atoms with van der Waals surface area (Å²) >= 11 is 0. The van der Waals surface area contributed by atoms with E-state index in [4.69, 9.17) is 4.74 Å². The number of alkyl carbamates (subject to hydrolysis) is 1. The highest BCUT2D eigenvalue weighted by atomic mass is 127. The molecule has 0 aliphatic heterocycles. The second-order valence-electron chi connectivity index (χ2n) is 8.93. The molecule has 6 nitrogen and oxygen atoms in total. The van der Waals surface area contributed by atoms with Gasteiger partial charge in [0, 0.05) is 20.1 Å². The molecule has 0 bridgehead atoms. The van der Waals surface area contributed by atoms with Gasteiger partial charge in [-0.2, -0.15) is 0 Å². The van der Waals surface area contributed by atoms with Gasteiger partial charge in [-0.15, -0.1) is 24.0 Å². The van der Waals surface area contributed by atoms with Gasteiger partial charge in [0.25, 0.3) is 0 Å². The third-order valence-electron chi connectivity index (χ3n) is 4.70. The number of carbonyl (C=O) groups is 1. The van der Waals surface area contributed by atoms with Gasteiger partial charge in [-0.25, -0.2) is 4.79 Å². The maximum atomic E-state index is 11.9. The summed E-state index contributed by atoms with van der Waals surface area (Å²) in [6, 6.07) is 0. The van der Waals surface area contributed by atoms with Crippen molar-refractivity contribution in [2.45, 2.75) is 71.4 Å². The minimum atomic E-state index is -0.493. The molecule has 0 spiro atoms. The molecule has 146 valence electrons. The fraction of sp³-hybridized carbons (Fsp3) is 0.889. The van der Waals surface area contributed by atoms with Gasteiger partial charge >= 0.3 is 6.09 Å². The molecular formula is C18H35IN4O2. The van der Waals surface area contributed by atoms with Gasteiger partial charge in [-0.1, -0.05) is 0 Å². The zero-order valence-electron chi connectivity index (χ0n) is 16.5. The zero-order chi connectivity index (χ0) is 18.0. The van der Waals surface area contributed by atoms with E-state index in [1.165, 1.54) is 25.7 Å². The number of halogens is 1. The van der Waals surface area contributed by atoms with Gasteiger partial charge in [0.1, 0.15) is 5.60 Å². The molecule has 0 unspecified atom stereocenters. The Kier molecular flexibility index (Phi) is 7.41. The van der Waals surface area contributed by atoms with Crippen LogP contribution in [0, 0.1) is 11.3 Å². The van der Waals surface area contributed by atoms with Gasteiger partial charge in [0.15, 0.2) is 5.96 Å². The molecule has 0 heterocycles. The molecular weight excluding hydrogens is 431 g/mol. The number of amides is 1. The summed E-state index contributed by atoms with van der Waals surface area (Å²) in [7, 11) is 1.78. The van der Waals surface area contributed by atoms with Crippen molar-refractivity contribution in [3.05, 3.63) is 0 Å². The van der Waals surface area contributed by atoms with E-state index in [2.05, 4.69) is 20.9 Å². The zero-order valence-corrected chi connectivity index (χ0v) is 18.8. The third kappa shape index (κ3) is 7.58. The molecule has 2 aliphatic carbocycles. The van der Waals surface area contributed by atoms with Crippen LogP contribution in [0.1, 0.15) is 60.3 Å². The molecule has 0 aromatic rings. The Morgan fingerprint density at radius 1 is 1.16 bits per heavy atom. The number of guanidine groups is 1. The van der Waals surface area contributed by atoms with Crippen molar-refractivity contribution in [1.82, 2.24) is 16.0 Å². The number of aliphatic imine (C=N–C) groups is 1. The first-order chi connectivity index (χ1) is 11.1. The molecule has 25 heavy (non-hydrogen) atoms. The number of nitrogens with zero attached hydrogens (tertiary/aromatic N) is 1. The largest absolute Gasteiger partial charge is 0.444 e. The first-order valence-corrected chi connectivity index (χ1v) is 9.01. The fourth-order valence-corrected chi connectivity index (χ4v) is 2.99. The molecule has 0 aromatic heterocycles. The summed E-state index contributed by atoms with van der Waals surface area (Å²) in [6.45, 7) is 11.1. The Labute approximate surface area is 169 Å². The van der Waals surface area contributed by atoms with Crippen LogP contribution in [0.25, 0.3) is 0 Å². The summed E-state index contributed by atoms with van der Waals surface area (Å²) in [6.07, 6.45) is 5.06. The van der Waals surface area contributed by atoms with E-state index in [0.717, 1.165) is 18.4 Å². The van der Waals surface area contributed by atoms with Gasteiger partial charge in [0.05, 0.1) is 5.54 Å². The first kappa shape index (κ1) is 22.3. The lowest BCUT2D eigenvalue weighted by Crippen LogP contribution is -2.54. The number of ether oxygens (including phenoxy) is 1. The molecule has 0 aromatic carbocycles. The first-order valence-electron chi connectivity index (χ1n) is 9.01. The molecule has 0 radical (unpaired) electrons. The van der Waals surface area contributed by atoms with Crippen molar-refractivity contribution in [2.75, 3.05) is 20.1 Å². The lowest BCUT2D eigenvalue weighted by Gasteiger charge is -2.29. The van der Waals surface area contributed by atoms with Crippen molar-refractivity contribution in [3.8, 4) is 0 Å². The summed E-state index contributed by atoms with van der Waals surface area (Å²) in [5, 5.41) is 9.66. The minimum Gasteiger partial charge on any atom is -0.444 e. The minimum absolute atomic E-state index is 0. The van der Waals surface area contributed by atoms with Crippen LogP contribution in [0.2, 0.25) is 0 Å². The van der Waals surface area contributed by atoms with Crippen molar-refractivity contribution in [1.29, 1.82) is 0 Å². The number of nitrogens with one attached hydrogen (secondary N) is 3. The highest BCUT2D eigenvalue weighted by Gasteiger charge is 2.53. The molecule has 1 amide bonds. The van der Waals surface area contributed by atoms with Crippen LogP contribution in [-0.4, -0.2) is 43.3 Å². The van der Waals surface area contributed by atoms with Crippen molar-refractivity contribution in [2.24, 2.45) is 16.3 Å². The number of carbonyl (C=O) groups excluding carboxylic acids is 1. The van der Waals surface area contributed by atoms with Crippen LogP contribution in [0.5, 0.6) is 0 Å². The summed E-state index contributed by atoms with van der Waals surface area (Å²) < 4.78 is 5.32. The number of hydrogen-bond acceptors (Lipinski definition) is 3. The second kappa shape index (κ2) is 8.31. The standard InChI is InChI=1S/C18H34N4O2.HI/c1-16(2,3)24-15(23)22-17(4,5)11-20-14(19-6)21-12-18(9-10-18)13-7-8-13;/h13H,7-12H2,1-6H3,(H,22,23)(H2,19,20,21);1H. The lowest BCUT2D eigenvalue weighted by molar-refractivity contribution is 0.0474. The van der Waals surface area contributed by atoms with Crippen LogP contribution >= 0.6 is 24.0 Å². The van der Waals surface area contributed by atoms with E-state index in [0.29, 0.717) is 12.0 Å². The van der Waals surface area contributed by atoms with Crippen molar-refractivity contribution in [3.63, 3.8) is 0 Å². The topological polar surface area (TPSA) is 74.8 Å². The third-order valence-corrected chi connectivity index (χ3v) is 4.70. The molecule has 2 fully saturated rings. The van der Waals surface area contributed by atoms with E-state index in [1.54, 1.807) is 7.05 Å². The monoisotopic (exact) mass is 466 g/mol. The smallest absolute Gasteiger partial charge is 0.408 e. The predicted octanol–water partition coefficient (Wildman–Crippen LogP) is 3.26. The molecule has 0 saturated heterocycles. The van der Waals surface area contributed by atoms with Gasteiger partial charge in [-0.05, 0) is 71.6 Å². The van der Waals surface area contributed by atoms with Crippen molar-refractivity contribution >= 4 is 36.0 Å². The second-order valence-corrected chi connectivity index (χ2v) is 8.93. The molecule has 2 rings (SSSR count). The van der Waals surface area contributed by atoms with E-state index in [9.17, 15) is 4.79 Å². The fourth-order valence-electron chi connectivity index (χ4n) is 2.99. The summed E-state index contributed by atoms with van der Waals surface area (Å²) in [5.41, 5.74) is -0.401. The van der Waals surface area contributed by atoms with E-state index in [-0.39, 0.29) is 24.0 Å². The highest BCUT2D eigenvalue weighted by Crippen LogP contribution is 2.60. The average molecular weight is 466 g/mol. The maximum Gasteiger partial charge on any atom is 0.408 e. The molecule has 7 heteroatoms. The lowest BCUT2D eigenvalue weighted by atomic mass is 10.0. The SMILES string of the molecule is CN=C(NCC(C)(C)NC(=O)OC(C)(C)C)NCC1(C2CC2)CC1.I. The average Bonchev–Trinajstić information content (AvgIpc) is 3.29. The van der Waals surface area contributed by atoms with Crippen molar-refractivity contribution < 1.29 is 9.53 Å². The van der Waals surface area contributed by atoms with Crippen LogP contribution in [-0.2, 0) is 4.74 Å². The Morgan fingerprint density at radius 3 is 2.20 bits per heavy atom. The molecule has 0 atom stereocenters. The highest BCUT2D eigenvalue weighted by molar-refractivity contribution is 14.0. The quantitative estimate of drug-likeness (QED) is 0.319. The molecule has 2 saturated carbocycles. The Morgan fingerprint density at radius 2 is 1.76 bits per heavy atom. The summed E-state index contributed by atoms with van der Waals surface area (Å²) in [4.78, 5) is 16.2. The normalized spacial score (nSPS) is 19.5. The van der Waals surface area contributed by atoms with Crippen LogP contribution < -0.4 is 16.0 Å². The molecule has 3 N–H and O–H groups in total. The van der Waals surface area contributed by atoms with E-state index in [1.807, 2.05) is 34.6 Å². The van der Waals surface area contributed by atoms with Gasteiger partial charge < -0.3 is 20.7 Å². The van der Waals surface area contributed by atoms with Gasteiger partial charge in [-0.3, -0.25) is 4.99 Å². The Balaban J connectivity index is 0.00000312. The van der Waals surface area contributed by atoms with Gasteiger partial charge in [0.2, 0.25) is 0 Å².